The molecule has 0 aliphatic carbocycles. The molecule has 168 valence electrons. The number of amides is 4. The summed E-state index contributed by atoms with van der Waals surface area (Å²) in [5.74, 6) is 1.73. The maximum atomic E-state index is 13.2. The number of barbiturate groups is 1. The van der Waals surface area contributed by atoms with Crippen molar-refractivity contribution in [3.8, 4) is 23.8 Å². The van der Waals surface area contributed by atoms with E-state index in [0.717, 1.165) is 14.9 Å². The molecule has 1 N–H and O–H groups in total. The van der Waals surface area contributed by atoms with Crippen molar-refractivity contribution in [2.75, 3.05) is 18.6 Å². The molecular formula is C25H21BrN2O5. The topological polar surface area (TPSA) is 84.9 Å². The highest BCUT2D eigenvalue weighted by molar-refractivity contribution is 9.10. The van der Waals surface area contributed by atoms with Gasteiger partial charge in [0, 0.05) is 10.0 Å². The number of nitrogens with zero attached hydrogens (tertiary/aromatic N) is 1. The van der Waals surface area contributed by atoms with E-state index in [1.807, 2.05) is 6.92 Å². The first-order valence-corrected chi connectivity index (χ1v) is 10.7. The van der Waals surface area contributed by atoms with Gasteiger partial charge < -0.3 is 9.47 Å². The van der Waals surface area contributed by atoms with Crippen LogP contribution in [-0.2, 0) is 16.0 Å². The summed E-state index contributed by atoms with van der Waals surface area (Å²) in [5.41, 5.74) is 2.21. The van der Waals surface area contributed by atoms with E-state index in [1.54, 1.807) is 36.4 Å². The molecule has 0 radical (unpaired) electrons. The van der Waals surface area contributed by atoms with Gasteiger partial charge in [0.25, 0.3) is 11.8 Å². The first-order valence-electron chi connectivity index (χ1n) is 9.86. The Labute approximate surface area is 200 Å². The molecule has 1 fully saturated rings. The number of terminal acetylenes is 1. The number of methoxy groups -OCH3 is 1. The van der Waals surface area contributed by atoms with Gasteiger partial charge in [-0.05, 0) is 60.9 Å². The van der Waals surface area contributed by atoms with E-state index in [4.69, 9.17) is 15.9 Å². The van der Waals surface area contributed by atoms with Crippen molar-refractivity contribution in [2.24, 2.45) is 0 Å². The van der Waals surface area contributed by atoms with Gasteiger partial charge in [-0.25, -0.2) is 9.69 Å². The Morgan fingerprint density at radius 3 is 2.64 bits per heavy atom. The summed E-state index contributed by atoms with van der Waals surface area (Å²) in [7, 11) is 1.47. The average molecular weight is 509 g/mol. The van der Waals surface area contributed by atoms with Crippen LogP contribution in [0.4, 0.5) is 10.5 Å². The summed E-state index contributed by atoms with van der Waals surface area (Å²) < 4.78 is 11.9. The van der Waals surface area contributed by atoms with Crippen molar-refractivity contribution >= 4 is 45.5 Å². The third-order valence-corrected chi connectivity index (χ3v) is 5.74. The lowest BCUT2D eigenvalue weighted by Gasteiger charge is -2.26. The number of urea groups is 1. The summed E-state index contributed by atoms with van der Waals surface area (Å²) >= 11 is 3.39. The van der Waals surface area contributed by atoms with Crippen LogP contribution in [-0.4, -0.2) is 31.6 Å². The number of ether oxygens (including phenoxy) is 2. The molecule has 2 aromatic rings. The highest BCUT2D eigenvalue weighted by Gasteiger charge is 2.37. The molecule has 3 rings (SSSR count). The molecule has 1 aliphatic heterocycles. The number of imide groups is 2. The van der Waals surface area contributed by atoms with E-state index in [1.165, 1.54) is 13.2 Å². The molecule has 2 aromatic carbocycles. The van der Waals surface area contributed by atoms with Crippen LogP contribution in [0.5, 0.6) is 11.5 Å². The van der Waals surface area contributed by atoms with E-state index in [0.29, 0.717) is 34.7 Å². The van der Waals surface area contributed by atoms with Gasteiger partial charge in [0.05, 0.1) is 12.8 Å². The zero-order valence-corrected chi connectivity index (χ0v) is 19.7. The lowest BCUT2D eigenvalue weighted by molar-refractivity contribution is -0.122. The average Bonchev–Trinajstić information content (AvgIpc) is 2.78. The standard InChI is InChI=1S/C25H21BrN2O5/c1-5-7-17-12-16(14-21(32-4)22(17)33-10-6-2)13-19-23(29)27-25(31)28(24(19)30)18-8-9-20(26)15(3)11-18/h2,5,8-9,11-14H,1,7,10H2,3-4H3,(H,27,29,31)/b19-13+. The van der Waals surface area contributed by atoms with Gasteiger partial charge in [0.15, 0.2) is 11.5 Å². The van der Waals surface area contributed by atoms with Crippen molar-refractivity contribution in [3.05, 3.63) is 69.7 Å². The SMILES string of the molecule is C#CCOc1c(CC=C)cc(/C=C2\C(=O)NC(=O)N(c3ccc(Br)c(C)c3)C2=O)cc1OC. The maximum absolute atomic E-state index is 13.2. The molecule has 1 aliphatic rings. The lowest BCUT2D eigenvalue weighted by atomic mass is 10.0. The summed E-state index contributed by atoms with van der Waals surface area (Å²) in [4.78, 5) is 39.1. The largest absolute Gasteiger partial charge is 0.493 e. The van der Waals surface area contributed by atoms with E-state index >= 15 is 0 Å². The second-order valence-corrected chi connectivity index (χ2v) is 7.94. The van der Waals surface area contributed by atoms with E-state index in [-0.39, 0.29) is 12.2 Å². The number of hydrogen-bond donors (Lipinski definition) is 1. The molecule has 0 spiro atoms. The van der Waals surface area contributed by atoms with Gasteiger partial charge in [0.1, 0.15) is 12.2 Å². The summed E-state index contributed by atoms with van der Waals surface area (Å²) in [6, 6.07) is 7.58. The van der Waals surface area contributed by atoms with Gasteiger partial charge in [-0.1, -0.05) is 27.9 Å². The number of carbonyl (C=O) groups is 3. The second kappa shape index (κ2) is 10.2. The third kappa shape index (κ3) is 4.99. The monoisotopic (exact) mass is 508 g/mol. The Hall–Kier alpha value is -3.83. The van der Waals surface area contributed by atoms with Crippen molar-refractivity contribution in [1.29, 1.82) is 0 Å². The van der Waals surface area contributed by atoms with Gasteiger partial charge in [-0.2, -0.15) is 0 Å². The number of anilines is 1. The molecule has 4 amide bonds. The van der Waals surface area contributed by atoms with Crippen molar-refractivity contribution in [2.45, 2.75) is 13.3 Å². The zero-order chi connectivity index (χ0) is 24.1. The Kier molecular flexibility index (Phi) is 7.36. The fourth-order valence-corrected chi connectivity index (χ4v) is 3.58. The number of nitrogens with one attached hydrogen (secondary N) is 1. The molecule has 8 heteroatoms. The van der Waals surface area contributed by atoms with E-state index < -0.39 is 17.8 Å². The summed E-state index contributed by atoms with van der Waals surface area (Å²) in [6.45, 7) is 5.63. The van der Waals surface area contributed by atoms with Gasteiger partial charge in [-0.15, -0.1) is 13.0 Å². The second-order valence-electron chi connectivity index (χ2n) is 7.09. The molecule has 33 heavy (non-hydrogen) atoms. The molecule has 0 saturated carbocycles. The minimum Gasteiger partial charge on any atom is -0.493 e. The van der Waals surface area contributed by atoms with E-state index in [9.17, 15) is 14.4 Å². The summed E-state index contributed by atoms with van der Waals surface area (Å²) in [5, 5.41) is 2.22. The van der Waals surface area contributed by atoms with Crippen LogP contribution in [0.3, 0.4) is 0 Å². The number of benzene rings is 2. The number of carbonyl (C=O) groups excluding carboxylic acids is 3. The molecule has 0 unspecified atom stereocenters. The van der Waals surface area contributed by atoms with Crippen LogP contribution >= 0.6 is 15.9 Å². The van der Waals surface area contributed by atoms with Gasteiger partial charge in [0.2, 0.25) is 0 Å². The zero-order valence-electron chi connectivity index (χ0n) is 18.1. The first kappa shape index (κ1) is 23.8. The van der Waals surface area contributed by atoms with Crippen LogP contribution < -0.4 is 19.7 Å². The molecule has 1 saturated heterocycles. The molecule has 0 aromatic heterocycles. The van der Waals surface area contributed by atoms with E-state index in [2.05, 4.69) is 33.7 Å². The molecule has 7 nitrogen and oxygen atoms in total. The van der Waals surface area contributed by atoms with Crippen molar-refractivity contribution < 1.29 is 23.9 Å². The van der Waals surface area contributed by atoms with Gasteiger partial charge in [-0.3, -0.25) is 14.9 Å². The smallest absolute Gasteiger partial charge is 0.335 e. The number of hydrogen-bond acceptors (Lipinski definition) is 5. The first-order chi connectivity index (χ1) is 15.8. The highest BCUT2D eigenvalue weighted by atomic mass is 79.9. The number of rotatable bonds is 7. The molecule has 1 heterocycles. The maximum Gasteiger partial charge on any atom is 0.335 e. The Balaban J connectivity index is 2.07. The fourth-order valence-electron chi connectivity index (χ4n) is 3.33. The number of halogens is 1. The normalized spacial score (nSPS) is 14.7. The molecular weight excluding hydrogens is 488 g/mol. The number of allylic oxidation sites excluding steroid dienone is 1. The third-order valence-electron chi connectivity index (χ3n) is 4.85. The van der Waals surface area contributed by atoms with Crippen LogP contribution in [0, 0.1) is 19.3 Å². The summed E-state index contributed by atoms with van der Waals surface area (Å²) in [6.07, 6.45) is 8.83. The minimum absolute atomic E-state index is 0.0471. The molecule has 0 bridgehead atoms. The Bertz CT molecular complexity index is 1230. The highest BCUT2D eigenvalue weighted by Crippen LogP contribution is 2.35. The van der Waals surface area contributed by atoms with Crippen molar-refractivity contribution in [1.82, 2.24) is 5.32 Å². The van der Waals surface area contributed by atoms with Gasteiger partial charge >= 0.3 is 6.03 Å². The lowest BCUT2D eigenvalue weighted by Crippen LogP contribution is -2.54. The van der Waals surface area contributed by atoms with Crippen molar-refractivity contribution in [3.63, 3.8) is 0 Å². The van der Waals surface area contributed by atoms with Crippen LogP contribution in [0.2, 0.25) is 0 Å². The predicted molar refractivity (Wildman–Crippen MR) is 129 cm³/mol. The Morgan fingerprint density at radius 1 is 1.24 bits per heavy atom. The van der Waals surface area contributed by atoms with Crippen LogP contribution in [0.15, 0.2) is 53.0 Å². The van der Waals surface area contributed by atoms with Crippen LogP contribution in [0.1, 0.15) is 16.7 Å². The predicted octanol–water partition coefficient (Wildman–Crippen LogP) is 4.17. The minimum atomic E-state index is -0.813. The quantitative estimate of drug-likeness (QED) is 0.262. The fraction of sp³-hybridized carbons (Fsp3) is 0.160. The molecule has 0 atom stereocenters. The Morgan fingerprint density at radius 2 is 2.00 bits per heavy atom. The van der Waals surface area contributed by atoms with Crippen LogP contribution in [0.25, 0.3) is 6.08 Å². The number of aryl methyl sites for hydroxylation is 1.